The van der Waals surface area contributed by atoms with E-state index in [0.717, 1.165) is 27.1 Å². The molecule has 7 heteroatoms. The molecule has 0 aliphatic heterocycles. The summed E-state index contributed by atoms with van der Waals surface area (Å²) in [6.45, 7) is 3.06. The predicted molar refractivity (Wildman–Crippen MR) is 96.0 cm³/mol. The highest BCUT2D eigenvalue weighted by Crippen LogP contribution is 2.29. The molecule has 0 amide bonds. The van der Waals surface area contributed by atoms with Crippen molar-refractivity contribution in [3.63, 3.8) is 0 Å². The van der Waals surface area contributed by atoms with Gasteiger partial charge in [-0.25, -0.2) is 0 Å². The fourth-order valence-corrected chi connectivity index (χ4v) is 3.39. The van der Waals surface area contributed by atoms with E-state index in [1.54, 1.807) is 4.57 Å². The maximum absolute atomic E-state index is 12.3. The number of esters is 1. The molecule has 1 heterocycles. The monoisotopic (exact) mass is 399 g/mol. The number of thioether (sulfide) groups is 1. The van der Waals surface area contributed by atoms with Crippen molar-refractivity contribution in [2.24, 2.45) is 5.41 Å². The number of carbonyl (C=O) groups is 2. The van der Waals surface area contributed by atoms with Crippen LogP contribution in [0.2, 0.25) is 0 Å². The van der Waals surface area contributed by atoms with Gasteiger partial charge in [-0.3, -0.25) is 9.59 Å². The van der Waals surface area contributed by atoms with Crippen molar-refractivity contribution >= 4 is 66.2 Å². The van der Waals surface area contributed by atoms with Crippen molar-refractivity contribution in [2.75, 3.05) is 7.11 Å². The van der Waals surface area contributed by atoms with Crippen LogP contribution in [0.15, 0.2) is 34.9 Å². The lowest BCUT2D eigenvalue weighted by Crippen LogP contribution is -2.33. The van der Waals surface area contributed by atoms with Gasteiger partial charge < -0.3 is 9.30 Å². The zero-order valence-corrected chi connectivity index (χ0v) is 15.5. The summed E-state index contributed by atoms with van der Waals surface area (Å²) >= 11 is 9.63. The molecule has 0 unspecified atom stereocenters. The molecule has 1 aromatic heterocycles. The first kappa shape index (κ1) is 17.2. The van der Waals surface area contributed by atoms with Gasteiger partial charge in [0.25, 0.3) is 0 Å². The summed E-state index contributed by atoms with van der Waals surface area (Å²) in [4.78, 5) is 24.0. The van der Waals surface area contributed by atoms with Crippen LogP contribution >= 0.6 is 39.9 Å². The zero-order valence-electron chi connectivity index (χ0n) is 12.3. The van der Waals surface area contributed by atoms with Gasteiger partial charge in [-0.05, 0) is 49.9 Å². The molecule has 116 valence electrons. The fourth-order valence-electron chi connectivity index (χ4n) is 1.87. The van der Waals surface area contributed by atoms with Crippen molar-refractivity contribution in [3.05, 3.63) is 34.9 Å². The number of nitrogens with zero attached hydrogens (tertiary/aromatic N) is 1. The molecule has 0 fully saturated rings. The van der Waals surface area contributed by atoms with Gasteiger partial charge in [0, 0.05) is 16.1 Å². The van der Waals surface area contributed by atoms with Crippen molar-refractivity contribution in [2.45, 2.75) is 13.8 Å². The third-order valence-electron chi connectivity index (χ3n) is 3.23. The first-order valence-electron chi connectivity index (χ1n) is 6.39. The van der Waals surface area contributed by atoms with Crippen molar-refractivity contribution < 1.29 is 14.3 Å². The Hall–Kier alpha value is -1.18. The van der Waals surface area contributed by atoms with E-state index in [2.05, 4.69) is 20.7 Å². The number of hydrogen-bond donors (Lipinski definition) is 0. The molecule has 0 bridgehead atoms. The normalized spacial score (nSPS) is 11.5. The molecule has 2 rings (SSSR count). The quantitative estimate of drug-likeness (QED) is 0.433. The Morgan fingerprint density at radius 3 is 2.64 bits per heavy atom. The van der Waals surface area contributed by atoms with Gasteiger partial charge in [0.05, 0.1) is 12.6 Å². The van der Waals surface area contributed by atoms with Crippen molar-refractivity contribution in [3.8, 4) is 0 Å². The maximum atomic E-state index is 12.3. The summed E-state index contributed by atoms with van der Waals surface area (Å²) < 4.78 is 7.77. The van der Waals surface area contributed by atoms with Crippen LogP contribution in [0.1, 0.15) is 13.8 Å². The highest BCUT2D eigenvalue weighted by molar-refractivity contribution is 9.10. The van der Waals surface area contributed by atoms with Gasteiger partial charge in [-0.2, -0.15) is 0 Å². The number of aromatic nitrogens is 1. The highest BCUT2D eigenvalue weighted by Gasteiger charge is 2.38. The first-order valence-corrected chi connectivity index (χ1v) is 8.41. The Bertz CT molecular complexity index is 767. The molecule has 0 saturated carbocycles. The number of benzene rings is 1. The maximum Gasteiger partial charge on any atom is 0.319 e. The summed E-state index contributed by atoms with van der Waals surface area (Å²) in [6, 6.07) is 7.72. The van der Waals surface area contributed by atoms with Gasteiger partial charge in [-0.15, -0.1) is 0 Å². The summed E-state index contributed by atoms with van der Waals surface area (Å²) in [5.74, 6) is -0.575. The molecule has 0 aliphatic carbocycles. The lowest BCUT2D eigenvalue weighted by molar-refractivity contribution is -0.153. The van der Waals surface area contributed by atoms with Crippen LogP contribution in [0.5, 0.6) is 0 Å². The van der Waals surface area contributed by atoms with Crippen LogP contribution in [0, 0.1) is 5.41 Å². The Kier molecular flexibility index (Phi) is 5.09. The Morgan fingerprint density at radius 1 is 1.32 bits per heavy atom. The number of thiocarbonyl (C=S) groups is 1. The third-order valence-corrected chi connectivity index (χ3v) is 5.24. The van der Waals surface area contributed by atoms with E-state index >= 15 is 0 Å². The highest BCUT2D eigenvalue weighted by atomic mass is 79.9. The largest absolute Gasteiger partial charge is 0.468 e. The van der Waals surface area contributed by atoms with Crippen LogP contribution < -0.4 is 0 Å². The van der Waals surface area contributed by atoms with Gasteiger partial charge in [0.15, 0.2) is 4.32 Å². The van der Waals surface area contributed by atoms with E-state index < -0.39 is 11.4 Å². The number of hydrogen-bond acceptors (Lipinski definition) is 5. The van der Waals surface area contributed by atoms with Crippen LogP contribution in [-0.2, 0) is 14.3 Å². The molecule has 2 aromatic rings. The molecule has 0 atom stereocenters. The molecule has 4 nitrogen and oxygen atoms in total. The minimum atomic E-state index is -1.24. The van der Waals surface area contributed by atoms with Crippen molar-refractivity contribution in [1.29, 1.82) is 0 Å². The van der Waals surface area contributed by atoms with Gasteiger partial charge in [0.2, 0.25) is 5.12 Å². The molecule has 22 heavy (non-hydrogen) atoms. The minimum Gasteiger partial charge on any atom is -0.468 e. The summed E-state index contributed by atoms with van der Waals surface area (Å²) in [7, 11) is 1.26. The van der Waals surface area contributed by atoms with E-state index in [-0.39, 0.29) is 5.12 Å². The lowest BCUT2D eigenvalue weighted by Gasteiger charge is -2.19. The van der Waals surface area contributed by atoms with E-state index in [0.29, 0.717) is 4.32 Å². The molecule has 0 saturated heterocycles. The molecule has 0 radical (unpaired) electrons. The Morgan fingerprint density at radius 2 is 2.00 bits per heavy atom. The lowest BCUT2D eigenvalue weighted by atomic mass is 9.96. The van der Waals surface area contributed by atoms with Crippen LogP contribution in [0.3, 0.4) is 0 Å². The number of rotatable bonds is 2. The van der Waals surface area contributed by atoms with E-state index in [1.807, 2.05) is 30.5 Å². The number of methoxy groups -OCH3 is 1. The van der Waals surface area contributed by atoms with Crippen LogP contribution in [0.4, 0.5) is 0 Å². The summed E-state index contributed by atoms with van der Waals surface area (Å²) in [5.41, 5.74) is -0.334. The predicted octanol–water partition coefficient (Wildman–Crippen LogP) is 4.00. The van der Waals surface area contributed by atoms with Gasteiger partial charge in [-0.1, -0.05) is 28.1 Å². The fraction of sp³-hybridized carbons (Fsp3) is 0.267. The average molecular weight is 400 g/mol. The molecule has 1 aromatic carbocycles. The molecule has 0 N–H and O–H groups in total. The molecule has 0 spiro atoms. The second-order valence-corrected chi connectivity index (χ2v) is 7.68. The number of fused-ring (bicyclic) bond motifs is 1. The Labute approximate surface area is 146 Å². The van der Waals surface area contributed by atoms with E-state index in [4.69, 9.17) is 12.2 Å². The third kappa shape index (κ3) is 3.26. The SMILES string of the molecule is COC(=O)C(C)(C)C(=O)SC(=S)n1ccc2cc(Br)ccc21. The van der Waals surface area contributed by atoms with Crippen molar-refractivity contribution in [1.82, 2.24) is 4.57 Å². The second-order valence-electron chi connectivity index (χ2n) is 5.16. The number of halogens is 1. The topological polar surface area (TPSA) is 48.3 Å². The minimum absolute atomic E-state index is 0.344. The smallest absolute Gasteiger partial charge is 0.319 e. The van der Waals surface area contributed by atoms with Gasteiger partial charge in [0.1, 0.15) is 5.41 Å². The zero-order chi connectivity index (χ0) is 16.5. The van der Waals surface area contributed by atoms with Gasteiger partial charge >= 0.3 is 5.97 Å². The van der Waals surface area contributed by atoms with Crippen LogP contribution in [-0.4, -0.2) is 27.1 Å². The Balaban J connectivity index is 2.25. The summed E-state index contributed by atoms with van der Waals surface area (Å²) in [5, 5.41) is 0.667. The second kappa shape index (κ2) is 6.52. The molecule has 0 aliphatic rings. The molecular weight excluding hydrogens is 386 g/mol. The first-order chi connectivity index (χ1) is 10.3. The molecular formula is C15H14BrNO3S2. The number of ether oxygens (including phenoxy) is 1. The van der Waals surface area contributed by atoms with E-state index in [9.17, 15) is 9.59 Å². The average Bonchev–Trinajstić information content (AvgIpc) is 2.88. The van der Waals surface area contributed by atoms with E-state index in [1.165, 1.54) is 21.0 Å². The number of carbonyl (C=O) groups excluding carboxylic acids is 2. The standard InChI is InChI=1S/C15H14BrNO3S2/c1-15(2,12(18)20-3)13(19)22-14(21)17-7-6-9-8-10(16)4-5-11(9)17/h4-8H,1-3H3. The summed E-state index contributed by atoms with van der Waals surface area (Å²) in [6.07, 6.45) is 1.81. The van der Waals surface area contributed by atoms with Crippen LogP contribution in [0.25, 0.3) is 10.9 Å².